The molecule has 3 nitrogen and oxygen atoms in total. The van der Waals surface area contributed by atoms with Crippen LogP contribution in [-0.2, 0) is 9.53 Å². The van der Waals surface area contributed by atoms with Crippen molar-refractivity contribution in [2.75, 3.05) is 6.54 Å². The fourth-order valence-corrected chi connectivity index (χ4v) is 1.60. The van der Waals surface area contributed by atoms with Crippen LogP contribution in [-0.4, -0.2) is 24.7 Å². The second kappa shape index (κ2) is 2.04. The van der Waals surface area contributed by atoms with Crippen LogP contribution in [0.5, 0.6) is 0 Å². The lowest BCUT2D eigenvalue weighted by Crippen LogP contribution is -2.60. The first-order chi connectivity index (χ1) is 4.77. The molecule has 3 atom stereocenters. The van der Waals surface area contributed by atoms with Crippen LogP contribution in [0.4, 0.5) is 0 Å². The predicted molar refractivity (Wildman–Crippen MR) is 35.5 cm³/mol. The minimum absolute atomic E-state index is 0.116. The van der Waals surface area contributed by atoms with Gasteiger partial charge in [-0.1, -0.05) is 0 Å². The van der Waals surface area contributed by atoms with E-state index in [9.17, 15) is 4.79 Å². The van der Waals surface area contributed by atoms with Crippen LogP contribution in [0.1, 0.15) is 13.3 Å². The van der Waals surface area contributed by atoms with Crippen molar-refractivity contribution in [3.8, 4) is 0 Å². The number of hydrogen-bond donors (Lipinski definition) is 1. The number of carbonyl (C=O) groups is 1. The Bertz CT molecular complexity index is 160. The van der Waals surface area contributed by atoms with Gasteiger partial charge in [-0.05, 0) is 6.92 Å². The molecule has 3 saturated heterocycles. The van der Waals surface area contributed by atoms with E-state index >= 15 is 0 Å². The number of nitrogens with one attached hydrogen (secondary N) is 1. The molecule has 1 N–H and O–H groups in total. The van der Waals surface area contributed by atoms with E-state index in [0.29, 0.717) is 0 Å². The van der Waals surface area contributed by atoms with Crippen LogP contribution < -0.4 is 5.32 Å². The van der Waals surface area contributed by atoms with Crippen LogP contribution in [0.2, 0.25) is 0 Å². The van der Waals surface area contributed by atoms with Crippen LogP contribution in [0.3, 0.4) is 0 Å². The SMILES string of the molecule is CC(=O)C1CNC2CC1O2. The van der Waals surface area contributed by atoms with Crippen LogP contribution in [0.15, 0.2) is 0 Å². The summed E-state index contributed by atoms with van der Waals surface area (Å²) in [5.41, 5.74) is 0. The molecule has 0 saturated carbocycles. The van der Waals surface area contributed by atoms with Gasteiger partial charge in [0.05, 0.1) is 12.0 Å². The first-order valence-electron chi connectivity index (χ1n) is 3.66. The van der Waals surface area contributed by atoms with Crippen molar-refractivity contribution < 1.29 is 9.53 Å². The Morgan fingerprint density at radius 1 is 1.70 bits per heavy atom. The summed E-state index contributed by atoms with van der Waals surface area (Å²) in [6.45, 7) is 2.44. The van der Waals surface area contributed by atoms with Crippen molar-refractivity contribution in [2.45, 2.75) is 25.7 Å². The highest BCUT2D eigenvalue weighted by atomic mass is 16.5. The summed E-state index contributed by atoms with van der Waals surface area (Å²) in [5.74, 6) is 0.362. The molecular formula is C7H11NO2. The Hall–Kier alpha value is -0.410. The highest BCUT2D eigenvalue weighted by Crippen LogP contribution is 2.30. The molecule has 0 aromatic rings. The molecule has 3 rings (SSSR count). The van der Waals surface area contributed by atoms with Crippen molar-refractivity contribution in [1.82, 2.24) is 5.32 Å². The highest BCUT2D eigenvalue weighted by molar-refractivity contribution is 5.79. The minimum Gasteiger partial charge on any atom is -0.359 e. The summed E-state index contributed by atoms with van der Waals surface area (Å²) in [7, 11) is 0. The van der Waals surface area contributed by atoms with Gasteiger partial charge in [-0.15, -0.1) is 0 Å². The number of rotatable bonds is 1. The molecular weight excluding hydrogens is 130 g/mol. The van der Waals surface area contributed by atoms with Gasteiger partial charge in [0.1, 0.15) is 12.0 Å². The third-order valence-corrected chi connectivity index (χ3v) is 2.32. The fraction of sp³-hybridized carbons (Fsp3) is 0.857. The summed E-state index contributed by atoms with van der Waals surface area (Å²) in [5, 5.41) is 3.14. The monoisotopic (exact) mass is 141 g/mol. The molecule has 0 radical (unpaired) electrons. The maximum absolute atomic E-state index is 10.9. The zero-order valence-corrected chi connectivity index (χ0v) is 5.96. The number of carbonyl (C=O) groups excluding carboxylic acids is 1. The zero-order valence-electron chi connectivity index (χ0n) is 5.96. The normalized spacial score (nSPS) is 44.3. The number of ether oxygens (including phenoxy) is 1. The van der Waals surface area contributed by atoms with E-state index in [0.717, 1.165) is 13.0 Å². The standard InChI is InChI=1S/C7H11NO2/c1-4(9)5-3-8-7-2-6(5)10-7/h5-8H,2-3H2,1H3. The maximum atomic E-state index is 10.9. The first-order valence-corrected chi connectivity index (χ1v) is 3.66. The van der Waals surface area contributed by atoms with Gasteiger partial charge in [0.15, 0.2) is 0 Å². The van der Waals surface area contributed by atoms with Crippen LogP contribution >= 0.6 is 0 Å². The minimum atomic E-state index is 0.116. The van der Waals surface area contributed by atoms with Gasteiger partial charge in [-0.3, -0.25) is 10.1 Å². The van der Waals surface area contributed by atoms with Crippen molar-refractivity contribution in [3.05, 3.63) is 0 Å². The van der Waals surface area contributed by atoms with E-state index in [4.69, 9.17) is 4.74 Å². The Kier molecular flexibility index (Phi) is 1.28. The Morgan fingerprint density at radius 2 is 2.40 bits per heavy atom. The number of piperidine rings is 1. The van der Waals surface area contributed by atoms with Crippen LogP contribution in [0, 0.1) is 5.92 Å². The molecule has 0 aliphatic carbocycles. The highest BCUT2D eigenvalue weighted by Gasteiger charge is 2.42. The lowest BCUT2D eigenvalue weighted by Gasteiger charge is -2.46. The van der Waals surface area contributed by atoms with Crippen molar-refractivity contribution in [3.63, 3.8) is 0 Å². The molecule has 0 spiro atoms. The molecule has 2 bridgehead atoms. The largest absolute Gasteiger partial charge is 0.359 e. The topological polar surface area (TPSA) is 38.3 Å². The van der Waals surface area contributed by atoms with E-state index < -0.39 is 0 Å². The summed E-state index contributed by atoms with van der Waals surface area (Å²) in [4.78, 5) is 10.9. The number of Topliss-reactive ketones (excluding diaryl/α,β-unsaturated/α-hetero) is 1. The third kappa shape index (κ3) is 0.777. The second-order valence-corrected chi connectivity index (χ2v) is 3.02. The van der Waals surface area contributed by atoms with Gasteiger partial charge >= 0.3 is 0 Å². The molecule has 3 fully saturated rings. The van der Waals surface area contributed by atoms with E-state index in [2.05, 4.69) is 5.32 Å². The molecule has 3 aliphatic rings. The smallest absolute Gasteiger partial charge is 0.136 e. The molecule has 3 aliphatic heterocycles. The second-order valence-electron chi connectivity index (χ2n) is 3.02. The average molecular weight is 141 g/mol. The zero-order chi connectivity index (χ0) is 7.14. The molecule has 10 heavy (non-hydrogen) atoms. The first kappa shape index (κ1) is 6.31. The Labute approximate surface area is 59.7 Å². The van der Waals surface area contributed by atoms with Gasteiger partial charge < -0.3 is 4.74 Å². The average Bonchev–Trinajstić information content (AvgIpc) is 1.86. The van der Waals surface area contributed by atoms with E-state index in [1.807, 2.05) is 0 Å². The van der Waals surface area contributed by atoms with Crippen molar-refractivity contribution in [1.29, 1.82) is 0 Å². The lowest BCUT2D eigenvalue weighted by atomic mass is 9.88. The molecule has 56 valence electrons. The van der Waals surface area contributed by atoms with E-state index in [1.54, 1.807) is 6.92 Å². The van der Waals surface area contributed by atoms with Gasteiger partial charge in [-0.2, -0.15) is 0 Å². The summed E-state index contributed by atoms with van der Waals surface area (Å²) in [6.07, 6.45) is 1.49. The van der Waals surface area contributed by atoms with Gasteiger partial charge in [0.25, 0.3) is 0 Å². The molecule has 0 aromatic heterocycles. The molecule has 3 heteroatoms. The maximum Gasteiger partial charge on any atom is 0.136 e. The predicted octanol–water partition coefficient (Wildman–Crippen LogP) is -0.0902. The number of hydrogen-bond acceptors (Lipinski definition) is 3. The lowest BCUT2D eigenvalue weighted by molar-refractivity contribution is -0.195. The quantitative estimate of drug-likeness (QED) is 0.554. The number of fused-ring (bicyclic) bond motifs is 2. The fourth-order valence-electron chi connectivity index (χ4n) is 1.60. The Morgan fingerprint density at radius 3 is 2.70 bits per heavy atom. The number of ketones is 1. The molecule has 0 aromatic carbocycles. The van der Waals surface area contributed by atoms with Gasteiger partial charge in [0.2, 0.25) is 0 Å². The van der Waals surface area contributed by atoms with Gasteiger partial charge in [0, 0.05) is 13.0 Å². The third-order valence-electron chi connectivity index (χ3n) is 2.32. The Balaban J connectivity index is 2.02. The van der Waals surface area contributed by atoms with Crippen molar-refractivity contribution in [2.24, 2.45) is 5.92 Å². The van der Waals surface area contributed by atoms with Crippen LogP contribution in [0.25, 0.3) is 0 Å². The molecule has 3 heterocycles. The van der Waals surface area contributed by atoms with Gasteiger partial charge in [-0.25, -0.2) is 0 Å². The summed E-state index contributed by atoms with van der Waals surface area (Å²) >= 11 is 0. The molecule has 3 unspecified atom stereocenters. The van der Waals surface area contributed by atoms with Crippen molar-refractivity contribution >= 4 is 5.78 Å². The molecule has 0 amide bonds. The summed E-state index contributed by atoms with van der Waals surface area (Å²) < 4.78 is 5.32. The van der Waals surface area contributed by atoms with E-state index in [1.165, 1.54) is 0 Å². The van der Waals surface area contributed by atoms with E-state index in [-0.39, 0.29) is 24.0 Å². The summed E-state index contributed by atoms with van der Waals surface area (Å²) in [6, 6.07) is 0.